The monoisotopic (exact) mass is 542 g/mol. The number of hydrogen-bond acceptors (Lipinski definition) is 7. The van der Waals surface area contributed by atoms with E-state index in [9.17, 15) is 4.79 Å². The van der Waals surface area contributed by atoms with Crippen LogP contribution in [0.15, 0.2) is 53.3 Å². The summed E-state index contributed by atoms with van der Waals surface area (Å²) in [5.41, 5.74) is 3.62. The maximum atomic E-state index is 13.8. The van der Waals surface area contributed by atoms with Gasteiger partial charge in [0.15, 0.2) is 5.82 Å². The molecule has 0 bridgehead atoms. The lowest BCUT2D eigenvalue weighted by Gasteiger charge is -2.34. The number of methoxy groups -OCH3 is 1. The SMILES string of the molecule is COc1ccc(CN(C[C@@H]2CCCO2)[C@@H](c2cc3cc(C)ccc3[nH]c2=O)c2nnnn2C2CCCCC2)cc1. The second-order valence-electron chi connectivity index (χ2n) is 11.2. The van der Waals surface area contributed by atoms with Crippen LogP contribution < -0.4 is 10.3 Å². The number of nitrogens with one attached hydrogen (secondary N) is 1. The van der Waals surface area contributed by atoms with E-state index in [1.165, 1.54) is 6.42 Å². The molecule has 1 aliphatic carbocycles. The molecule has 2 aromatic heterocycles. The third-order valence-corrected chi connectivity index (χ3v) is 8.38. The van der Waals surface area contributed by atoms with Gasteiger partial charge in [-0.25, -0.2) is 4.68 Å². The van der Waals surface area contributed by atoms with Crippen LogP contribution in [0.2, 0.25) is 0 Å². The largest absolute Gasteiger partial charge is 0.497 e. The van der Waals surface area contributed by atoms with E-state index in [2.05, 4.69) is 50.5 Å². The lowest BCUT2D eigenvalue weighted by Crippen LogP contribution is -2.39. The van der Waals surface area contributed by atoms with E-state index in [4.69, 9.17) is 9.47 Å². The van der Waals surface area contributed by atoms with Crippen LogP contribution in [0, 0.1) is 6.92 Å². The van der Waals surface area contributed by atoms with Crippen LogP contribution in [0.1, 0.15) is 79.5 Å². The maximum absolute atomic E-state index is 13.8. The Balaban J connectivity index is 1.49. The fraction of sp³-hybridized carbons (Fsp3) is 0.484. The van der Waals surface area contributed by atoms with Crippen molar-refractivity contribution in [1.29, 1.82) is 0 Å². The van der Waals surface area contributed by atoms with Crippen molar-refractivity contribution in [2.24, 2.45) is 0 Å². The Kier molecular flexibility index (Phi) is 7.93. The van der Waals surface area contributed by atoms with Gasteiger partial charge in [0, 0.05) is 30.8 Å². The van der Waals surface area contributed by atoms with Crippen LogP contribution in [-0.4, -0.2) is 56.5 Å². The maximum Gasteiger partial charge on any atom is 0.253 e. The van der Waals surface area contributed by atoms with Gasteiger partial charge in [0.2, 0.25) is 0 Å². The zero-order valence-corrected chi connectivity index (χ0v) is 23.4. The second-order valence-corrected chi connectivity index (χ2v) is 11.2. The topological polar surface area (TPSA) is 98.2 Å². The Morgan fingerprint density at radius 3 is 2.65 bits per heavy atom. The van der Waals surface area contributed by atoms with Gasteiger partial charge in [-0.15, -0.1) is 5.10 Å². The smallest absolute Gasteiger partial charge is 0.253 e. The first kappa shape index (κ1) is 26.7. The zero-order chi connectivity index (χ0) is 27.5. The number of hydrogen-bond donors (Lipinski definition) is 1. The van der Waals surface area contributed by atoms with E-state index in [-0.39, 0.29) is 17.7 Å². The van der Waals surface area contributed by atoms with Crippen LogP contribution in [0.5, 0.6) is 5.75 Å². The molecule has 0 unspecified atom stereocenters. The number of tetrazole rings is 1. The molecule has 2 atom stereocenters. The Labute approximate surface area is 234 Å². The first-order valence-electron chi connectivity index (χ1n) is 14.5. The fourth-order valence-electron chi connectivity index (χ4n) is 6.29. The number of nitrogens with zero attached hydrogens (tertiary/aromatic N) is 5. The molecule has 9 heteroatoms. The van der Waals surface area contributed by atoms with Crippen LogP contribution >= 0.6 is 0 Å². The van der Waals surface area contributed by atoms with Crippen molar-refractivity contribution in [2.45, 2.75) is 76.6 Å². The molecule has 0 radical (unpaired) electrons. The minimum atomic E-state index is -0.447. The van der Waals surface area contributed by atoms with Gasteiger partial charge in [-0.1, -0.05) is 43.0 Å². The number of pyridine rings is 1. The highest BCUT2D eigenvalue weighted by Crippen LogP contribution is 2.34. The fourth-order valence-corrected chi connectivity index (χ4v) is 6.29. The number of fused-ring (bicyclic) bond motifs is 1. The molecule has 6 rings (SSSR count). The first-order chi connectivity index (χ1) is 19.6. The number of rotatable bonds is 9. The Hall–Kier alpha value is -3.56. The molecule has 0 spiro atoms. The number of ether oxygens (including phenoxy) is 2. The molecule has 2 aliphatic rings. The molecular formula is C31H38N6O3. The van der Waals surface area contributed by atoms with Crippen molar-refractivity contribution in [3.8, 4) is 5.75 Å². The summed E-state index contributed by atoms with van der Waals surface area (Å²) in [5, 5.41) is 14.3. The van der Waals surface area contributed by atoms with Gasteiger partial charge in [0.25, 0.3) is 5.56 Å². The predicted molar refractivity (Wildman–Crippen MR) is 153 cm³/mol. The standard InChI is InChI=1S/C31H38N6O3/c1-21-10-15-28-23(17-21)18-27(31(38)32-28)29(30-33-34-35-37(30)24-7-4-3-5-8-24)36(20-26-9-6-16-40-26)19-22-11-13-25(39-2)14-12-22/h10-15,17-18,24,26,29H,3-9,16,19-20H2,1-2H3,(H,32,38)/t26-,29-/m0/s1. The van der Waals surface area contributed by atoms with E-state index in [1.54, 1.807) is 7.11 Å². The number of benzene rings is 2. The lowest BCUT2D eigenvalue weighted by molar-refractivity contribution is 0.0567. The molecule has 1 saturated heterocycles. The molecule has 0 amide bonds. The van der Waals surface area contributed by atoms with Gasteiger partial charge < -0.3 is 14.5 Å². The molecule has 2 fully saturated rings. The summed E-state index contributed by atoms with van der Waals surface area (Å²) in [6, 6.07) is 16.0. The van der Waals surface area contributed by atoms with Crippen LogP contribution in [0.3, 0.4) is 0 Å². The van der Waals surface area contributed by atoms with E-state index in [0.717, 1.165) is 78.7 Å². The van der Waals surface area contributed by atoms with E-state index in [0.29, 0.717) is 18.7 Å². The normalized spacial score (nSPS) is 18.9. The lowest BCUT2D eigenvalue weighted by atomic mass is 9.95. The minimum absolute atomic E-state index is 0.0848. The van der Waals surface area contributed by atoms with Crippen molar-refractivity contribution in [3.63, 3.8) is 0 Å². The summed E-state index contributed by atoms with van der Waals surface area (Å²) in [5.74, 6) is 1.53. The van der Waals surface area contributed by atoms with Gasteiger partial charge >= 0.3 is 0 Å². The molecule has 4 aromatic rings. The third-order valence-electron chi connectivity index (χ3n) is 8.38. The minimum Gasteiger partial charge on any atom is -0.497 e. The van der Waals surface area contributed by atoms with E-state index in [1.807, 2.05) is 35.0 Å². The molecule has 1 aliphatic heterocycles. The van der Waals surface area contributed by atoms with Crippen molar-refractivity contribution >= 4 is 10.9 Å². The summed E-state index contributed by atoms with van der Waals surface area (Å²) in [6.07, 6.45) is 7.77. The zero-order valence-electron chi connectivity index (χ0n) is 23.4. The number of aromatic nitrogens is 5. The Bertz CT molecular complexity index is 1490. The Morgan fingerprint density at radius 2 is 1.90 bits per heavy atom. The van der Waals surface area contributed by atoms with Gasteiger partial charge in [-0.2, -0.15) is 0 Å². The second kappa shape index (κ2) is 11.9. The van der Waals surface area contributed by atoms with Gasteiger partial charge in [0.05, 0.1) is 19.3 Å². The van der Waals surface area contributed by atoms with Crippen molar-refractivity contribution in [1.82, 2.24) is 30.1 Å². The summed E-state index contributed by atoms with van der Waals surface area (Å²) in [4.78, 5) is 19.3. The predicted octanol–water partition coefficient (Wildman–Crippen LogP) is 5.11. The van der Waals surface area contributed by atoms with Crippen molar-refractivity contribution < 1.29 is 9.47 Å². The highest BCUT2D eigenvalue weighted by molar-refractivity contribution is 5.79. The molecule has 40 heavy (non-hydrogen) atoms. The summed E-state index contributed by atoms with van der Waals surface area (Å²) < 4.78 is 13.5. The molecule has 9 nitrogen and oxygen atoms in total. The summed E-state index contributed by atoms with van der Waals surface area (Å²) in [7, 11) is 1.67. The quantitative estimate of drug-likeness (QED) is 0.314. The number of aryl methyl sites for hydroxylation is 1. The van der Waals surface area contributed by atoms with E-state index >= 15 is 0 Å². The molecule has 1 N–H and O–H groups in total. The van der Waals surface area contributed by atoms with Crippen LogP contribution in [0.25, 0.3) is 10.9 Å². The third kappa shape index (κ3) is 5.67. The highest BCUT2D eigenvalue weighted by atomic mass is 16.5. The average Bonchev–Trinajstić information content (AvgIpc) is 3.67. The van der Waals surface area contributed by atoms with Crippen LogP contribution in [-0.2, 0) is 11.3 Å². The molecule has 2 aromatic carbocycles. The summed E-state index contributed by atoms with van der Waals surface area (Å²) in [6.45, 7) is 4.11. The van der Waals surface area contributed by atoms with Crippen molar-refractivity contribution in [3.05, 3.63) is 81.4 Å². The first-order valence-corrected chi connectivity index (χ1v) is 14.5. The Morgan fingerprint density at radius 1 is 1.07 bits per heavy atom. The van der Waals surface area contributed by atoms with E-state index < -0.39 is 6.04 Å². The van der Waals surface area contributed by atoms with Gasteiger partial charge in [-0.05, 0) is 84.3 Å². The van der Waals surface area contributed by atoms with Gasteiger partial charge in [0.1, 0.15) is 11.8 Å². The van der Waals surface area contributed by atoms with Crippen LogP contribution in [0.4, 0.5) is 0 Å². The highest BCUT2D eigenvalue weighted by Gasteiger charge is 2.35. The average molecular weight is 543 g/mol. The molecular weight excluding hydrogens is 504 g/mol. The molecule has 3 heterocycles. The molecule has 1 saturated carbocycles. The number of aromatic amines is 1. The van der Waals surface area contributed by atoms with Gasteiger partial charge in [-0.3, -0.25) is 9.69 Å². The molecule has 210 valence electrons. The van der Waals surface area contributed by atoms with Crippen molar-refractivity contribution in [2.75, 3.05) is 20.3 Å². The summed E-state index contributed by atoms with van der Waals surface area (Å²) >= 11 is 0. The number of H-pyrrole nitrogens is 1.